The largest absolute Gasteiger partial charge is 0.449 e. The first-order chi connectivity index (χ1) is 15.6. The Kier molecular flexibility index (Phi) is 5.77. The fourth-order valence-corrected chi connectivity index (χ4v) is 3.95. The summed E-state index contributed by atoms with van der Waals surface area (Å²) in [5, 5.41) is 2.46. The molecule has 0 saturated carbocycles. The van der Waals surface area contributed by atoms with Crippen LogP contribution in [-0.2, 0) is 4.74 Å². The number of fused-ring (bicyclic) bond motifs is 2. The van der Waals surface area contributed by atoms with Crippen molar-refractivity contribution >= 4 is 57.9 Å². The molecule has 0 N–H and O–H groups in total. The van der Waals surface area contributed by atoms with Crippen LogP contribution in [0, 0.1) is 0 Å². The predicted molar refractivity (Wildman–Crippen MR) is 123 cm³/mol. The smallest absolute Gasteiger partial charge is 0.418 e. The third-order valence-electron chi connectivity index (χ3n) is 5.31. The summed E-state index contributed by atoms with van der Waals surface area (Å²) in [6.45, 7) is 1.82. The lowest BCUT2D eigenvalue weighted by Crippen LogP contribution is -2.28. The van der Waals surface area contributed by atoms with E-state index in [4.69, 9.17) is 4.74 Å². The summed E-state index contributed by atoms with van der Waals surface area (Å²) in [4.78, 5) is 49.9. The quantitative estimate of drug-likeness (QED) is 0.369. The van der Waals surface area contributed by atoms with Gasteiger partial charge in [0.1, 0.15) is 0 Å². The van der Waals surface area contributed by atoms with Gasteiger partial charge in [0.2, 0.25) is 0 Å². The van der Waals surface area contributed by atoms with Crippen LogP contribution in [0.15, 0.2) is 66.7 Å². The number of benzene rings is 4. The minimum atomic E-state index is -0.677. The number of hydrogen-bond donors (Lipinski definition) is 0. The van der Waals surface area contributed by atoms with Crippen molar-refractivity contribution in [3.63, 3.8) is 0 Å². The lowest BCUT2D eigenvalue weighted by molar-refractivity contribution is 0.111. The van der Waals surface area contributed by atoms with Gasteiger partial charge in [-0.25, -0.2) is 9.69 Å². The van der Waals surface area contributed by atoms with E-state index in [0.717, 1.165) is 6.29 Å². The van der Waals surface area contributed by atoms with Crippen molar-refractivity contribution in [2.45, 2.75) is 6.92 Å². The molecule has 0 spiro atoms. The van der Waals surface area contributed by atoms with E-state index in [2.05, 4.69) is 0 Å². The third kappa shape index (κ3) is 3.41. The normalized spacial score (nSPS) is 10.7. The van der Waals surface area contributed by atoms with Gasteiger partial charge in [-0.15, -0.1) is 0 Å². The summed E-state index contributed by atoms with van der Waals surface area (Å²) < 4.78 is 5.36. The van der Waals surface area contributed by atoms with E-state index >= 15 is 0 Å². The number of hydrogen-bond acceptors (Lipinski definition) is 5. The van der Waals surface area contributed by atoms with Crippen molar-refractivity contribution in [3.05, 3.63) is 83.4 Å². The highest BCUT2D eigenvalue weighted by Gasteiger charge is 2.27. The molecule has 4 aromatic carbocycles. The molecule has 0 aliphatic carbocycles. The molecule has 0 fully saturated rings. The van der Waals surface area contributed by atoms with Crippen molar-refractivity contribution in [1.29, 1.82) is 0 Å². The molecule has 0 aliphatic heterocycles. The molecule has 0 heterocycles. The number of amides is 1. The maximum atomic E-state index is 13.3. The van der Waals surface area contributed by atoms with E-state index in [0.29, 0.717) is 56.6 Å². The SMILES string of the molecule is CCOC(=O)N(c1ccc(C=O)c2ccccc12)c1c(C=O)cc(C=O)c2ccccc12. The molecule has 4 aromatic rings. The molecule has 0 aliphatic rings. The fraction of sp³-hybridized carbons (Fsp3) is 0.0769. The van der Waals surface area contributed by atoms with Crippen molar-refractivity contribution in [1.82, 2.24) is 0 Å². The lowest BCUT2D eigenvalue weighted by Gasteiger charge is -2.27. The molecule has 0 unspecified atom stereocenters. The van der Waals surface area contributed by atoms with Crippen LogP contribution in [-0.4, -0.2) is 31.6 Å². The Morgan fingerprint density at radius 3 is 1.91 bits per heavy atom. The van der Waals surface area contributed by atoms with E-state index in [-0.39, 0.29) is 12.2 Å². The first-order valence-electron chi connectivity index (χ1n) is 10.0. The first-order valence-corrected chi connectivity index (χ1v) is 10.0. The molecule has 0 radical (unpaired) electrons. The first kappa shape index (κ1) is 20.9. The topological polar surface area (TPSA) is 80.8 Å². The summed E-state index contributed by atoms with van der Waals surface area (Å²) in [5.41, 5.74) is 1.75. The van der Waals surface area contributed by atoms with Crippen LogP contribution in [0.25, 0.3) is 21.5 Å². The Morgan fingerprint density at radius 2 is 1.31 bits per heavy atom. The minimum absolute atomic E-state index is 0.125. The van der Waals surface area contributed by atoms with E-state index < -0.39 is 6.09 Å². The van der Waals surface area contributed by atoms with Gasteiger partial charge in [0.15, 0.2) is 18.9 Å². The number of ether oxygens (including phenoxy) is 1. The molecule has 32 heavy (non-hydrogen) atoms. The van der Waals surface area contributed by atoms with Crippen molar-refractivity contribution in [2.24, 2.45) is 0 Å². The van der Waals surface area contributed by atoms with E-state index in [1.165, 1.54) is 11.0 Å². The molecule has 6 nitrogen and oxygen atoms in total. The van der Waals surface area contributed by atoms with Gasteiger partial charge in [-0.1, -0.05) is 48.5 Å². The van der Waals surface area contributed by atoms with Crippen LogP contribution in [0.3, 0.4) is 0 Å². The second kappa shape index (κ2) is 8.81. The third-order valence-corrected chi connectivity index (χ3v) is 5.31. The van der Waals surface area contributed by atoms with E-state index in [1.54, 1.807) is 67.6 Å². The molecule has 6 heteroatoms. The van der Waals surface area contributed by atoms with Crippen molar-refractivity contribution in [3.8, 4) is 0 Å². The van der Waals surface area contributed by atoms with Crippen molar-refractivity contribution < 1.29 is 23.9 Å². The van der Waals surface area contributed by atoms with E-state index in [9.17, 15) is 19.2 Å². The molecule has 0 saturated heterocycles. The summed E-state index contributed by atoms with van der Waals surface area (Å²) in [7, 11) is 0. The van der Waals surface area contributed by atoms with Crippen LogP contribution in [0.1, 0.15) is 38.0 Å². The summed E-state index contributed by atoms with van der Waals surface area (Å²) in [6.07, 6.45) is 1.38. The number of carbonyl (C=O) groups excluding carboxylic acids is 4. The summed E-state index contributed by atoms with van der Waals surface area (Å²) >= 11 is 0. The second-order valence-electron chi connectivity index (χ2n) is 7.06. The number of carbonyl (C=O) groups is 4. The van der Waals surface area contributed by atoms with Crippen LogP contribution in [0.4, 0.5) is 16.2 Å². The molecule has 4 rings (SSSR count). The maximum absolute atomic E-state index is 13.3. The molecular formula is C26H19NO5. The minimum Gasteiger partial charge on any atom is -0.449 e. The molecule has 1 amide bonds. The van der Waals surface area contributed by atoms with E-state index in [1.807, 2.05) is 0 Å². The molecule has 0 bridgehead atoms. The molecule has 0 aromatic heterocycles. The summed E-state index contributed by atoms with van der Waals surface area (Å²) in [6, 6.07) is 19.0. The Bertz CT molecular complexity index is 1380. The average Bonchev–Trinajstić information content (AvgIpc) is 2.84. The number of nitrogens with zero attached hydrogens (tertiary/aromatic N) is 1. The van der Waals surface area contributed by atoms with Gasteiger partial charge >= 0.3 is 6.09 Å². The van der Waals surface area contributed by atoms with Crippen LogP contribution >= 0.6 is 0 Å². The highest BCUT2D eigenvalue weighted by Crippen LogP contribution is 2.40. The van der Waals surface area contributed by atoms with Gasteiger partial charge in [0.25, 0.3) is 0 Å². The number of aldehydes is 3. The highest BCUT2D eigenvalue weighted by molar-refractivity contribution is 6.18. The maximum Gasteiger partial charge on any atom is 0.418 e. The van der Waals surface area contributed by atoms with Crippen LogP contribution in [0.5, 0.6) is 0 Å². The van der Waals surface area contributed by atoms with Gasteiger partial charge in [0, 0.05) is 27.5 Å². The fourth-order valence-electron chi connectivity index (χ4n) is 3.95. The number of rotatable bonds is 6. The Morgan fingerprint density at radius 1 is 0.750 bits per heavy atom. The zero-order chi connectivity index (χ0) is 22.7. The highest BCUT2D eigenvalue weighted by atomic mass is 16.6. The monoisotopic (exact) mass is 425 g/mol. The number of anilines is 2. The average molecular weight is 425 g/mol. The van der Waals surface area contributed by atoms with Gasteiger partial charge in [-0.3, -0.25) is 14.4 Å². The zero-order valence-corrected chi connectivity index (χ0v) is 17.3. The molecule has 0 atom stereocenters. The Labute approximate surface area is 184 Å². The standard InChI is InChI=1S/C26H19NO5/c1-2-32-26(31)27(24-12-11-17(14-28)20-7-3-5-9-22(20)24)25-19(16-30)13-18(15-29)21-8-4-6-10-23(21)25/h3-16H,2H2,1H3. The zero-order valence-electron chi connectivity index (χ0n) is 17.3. The Balaban J connectivity index is 2.13. The molecule has 158 valence electrons. The van der Waals surface area contributed by atoms with Gasteiger partial charge in [0.05, 0.1) is 18.0 Å². The van der Waals surface area contributed by atoms with Gasteiger partial charge < -0.3 is 4.74 Å². The lowest BCUT2D eigenvalue weighted by atomic mass is 9.97. The van der Waals surface area contributed by atoms with Crippen LogP contribution < -0.4 is 4.90 Å². The second-order valence-corrected chi connectivity index (χ2v) is 7.06. The molecular weight excluding hydrogens is 406 g/mol. The van der Waals surface area contributed by atoms with Gasteiger partial charge in [-0.2, -0.15) is 0 Å². The van der Waals surface area contributed by atoms with Gasteiger partial charge in [-0.05, 0) is 35.9 Å². The Hall–Kier alpha value is -4.32. The summed E-state index contributed by atoms with van der Waals surface area (Å²) in [5.74, 6) is 0. The van der Waals surface area contributed by atoms with Crippen molar-refractivity contribution in [2.75, 3.05) is 11.5 Å². The van der Waals surface area contributed by atoms with Crippen LogP contribution in [0.2, 0.25) is 0 Å². The predicted octanol–water partition coefficient (Wildman–Crippen LogP) is 5.73.